The van der Waals surface area contributed by atoms with E-state index in [0.29, 0.717) is 61.4 Å². The third kappa shape index (κ3) is 20.0. The first kappa shape index (κ1) is 69.4. The summed E-state index contributed by atoms with van der Waals surface area (Å²) < 4.78 is 81.5. The van der Waals surface area contributed by atoms with Crippen LogP contribution >= 0.6 is 43.1 Å². The van der Waals surface area contributed by atoms with Crippen molar-refractivity contribution in [3.63, 3.8) is 0 Å². The summed E-state index contributed by atoms with van der Waals surface area (Å²) in [4.78, 5) is 136. The van der Waals surface area contributed by atoms with Gasteiger partial charge in [-0.05, 0) is 38.5 Å². The number of H-pyrrole nitrogens is 1. The van der Waals surface area contributed by atoms with Crippen LogP contribution in [-0.4, -0.2) is 166 Å². The second-order valence-corrected chi connectivity index (χ2v) is 27.5. The van der Waals surface area contributed by atoms with Crippen LogP contribution in [0.4, 0.5) is 16.6 Å². The summed E-state index contributed by atoms with van der Waals surface area (Å²) in [6.45, 7) is -1.74. The molecule has 3 aromatic rings. The number of urea groups is 1. The number of nitrogens with two attached hydrogens (primary N) is 2. The normalized spacial score (nSPS) is 27.2. The van der Waals surface area contributed by atoms with Crippen LogP contribution in [0.2, 0.25) is 0 Å². The van der Waals surface area contributed by atoms with Crippen LogP contribution in [0.1, 0.15) is 95.1 Å². The minimum atomic E-state index is -6.73. The van der Waals surface area contributed by atoms with Crippen LogP contribution < -0.4 is 68.9 Å². The number of carbonyl (C=O) groups is 4. The number of phosphoric ester groups is 2. The molecule has 0 aromatic carbocycles. The summed E-state index contributed by atoms with van der Waals surface area (Å²) in [6, 6.07) is 0.228. The molecule has 0 bridgehead atoms. The Balaban J connectivity index is 0.744. The minimum absolute atomic E-state index is 0.00137. The Morgan fingerprint density at radius 2 is 1.24 bits per heavy atom. The molecule has 0 spiro atoms. The standard InChI is InChI=1S/C44H69N13O25P4S/c45-37-23(10-9-17-49-29(59)13-4-2-7-15-47-28(58)12-3-1-8-16-48-30(60)14-6-5-11-27-31-24(21-87-27)51-43(66)52-31)18-56(44(67)53-37)40-35(63)33(61)25(78-40)19-76-83(68,69)80-85(72,73)82-86(74,75)81-84(70,71)77-20-26-34(62)36(64)41(79-26)57-22-50-32-38(57)54-42(46)55-39(32)65/h9-10,18,22,24-27,31,33-36,40-41,61-64H,1-8,11-17,19-21H2,(H,47,58)(H,48,60)(H,49,59)(H,68,69)(H,70,71)(H,72,73)(H,74,75)(H2,45,53,67)(H2,51,52,66)(H3,46,54,55,65)/p-4/b10-9+/t24-,25-,26-,27-,31-,33?,34?,35+,36?,40-,41-/m1/s1. The molecule has 0 aliphatic carbocycles. The molecule has 7 unspecified atom stereocenters. The maximum absolute atomic E-state index is 12.8. The number of nitrogens with zero attached hydrogens (tertiary/aromatic N) is 5. The fourth-order valence-corrected chi connectivity index (χ4v) is 15.7. The lowest BCUT2D eigenvalue weighted by Gasteiger charge is -2.36. The van der Waals surface area contributed by atoms with Gasteiger partial charge in [0, 0.05) is 61.7 Å². The first-order valence-electron chi connectivity index (χ1n) is 27.0. The van der Waals surface area contributed by atoms with E-state index in [-0.39, 0.29) is 77.3 Å². The Labute approximate surface area is 497 Å². The number of imidazole rings is 1. The van der Waals surface area contributed by atoms with Gasteiger partial charge in [0.15, 0.2) is 23.6 Å². The summed E-state index contributed by atoms with van der Waals surface area (Å²) in [5, 5.41) is 57.1. The number of phosphoric acid groups is 4. The van der Waals surface area contributed by atoms with Crippen molar-refractivity contribution >= 4 is 95.8 Å². The number of aromatic amines is 1. The van der Waals surface area contributed by atoms with Gasteiger partial charge in [-0.1, -0.05) is 31.4 Å². The molecule has 4 aliphatic rings. The van der Waals surface area contributed by atoms with Crippen LogP contribution in [0.15, 0.2) is 28.2 Å². The van der Waals surface area contributed by atoms with E-state index in [9.17, 15) is 87.0 Å². The quantitative estimate of drug-likeness (QED) is 0.0154. The Hall–Kier alpha value is -5.08. The van der Waals surface area contributed by atoms with E-state index < -0.39 is 105 Å². The number of amides is 5. The highest BCUT2D eigenvalue weighted by atomic mass is 32.2. The topological polar surface area (TPSA) is 585 Å². The van der Waals surface area contributed by atoms with Crippen LogP contribution in [0.25, 0.3) is 17.2 Å². The molecule has 4 aliphatic heterocycles. The summed E-state index contributed by atoms with van der Waals surface area (Å²) in [5.74, 6) is -0.177. The number of hydrogen-bond donors (Lipinski definition) is 12. The van der Waals surface area contributed by atoms with Crippen LogP contribution in [0.5, 0.6) is 0 Å². The van der Waals surface area contributed by atoms with Crippen molar-refractivity contribution in [3.8, 4) is 0 Å². The van der Waals surface area contributed by atoms with E-state index in [0.717, 1.165) is 54.9 Å². The van der Waals surface area contributed by atoms with Crippen molar-refractivity contribution in [2.24, 2.45) is 0 Å². The van der Waals surface area contributed by atoms with E-state index in [4.69, 9.17) is 20.9 Å². The number of aromatic nitrogens is 6. The number of ether oxygens (including phenoxy) is 2. The lowest BCUT2D eigenvalue weighted by molar-refractivity contribution is -0.255. The number of carbonyl (C=O) groups excluding carboxylic acids is 4. The summed E-state index contributed by atoms with van der Waals surface area (Å²) in [7, 11) is -26.0. The van der Waals surface area contributed by atoms with Crippen molar-refractivity contribution in [3.05, 3.63) is 45.0 Å². The highest BCUT2D eigenvalue weighted by molar-refractivity contribution is 8.00. The Morgan fingerprint density at radius 3 is 1.82 bits per heavy atom. The molecule has 87 heavy (non-hydrogen) atoms. The lowest BCUT2D eigenvalue weighted by Crippen LogP contribution is -2.36. The number of nitrogens with one attached hydrogen (secondary N) is 6. The van der Waals surface area contributed by atoms with E-state index in [1.807, 2.05) is 11.8 Å². The smallest absolute Gasteiger partial charge is 0.351 e. The Morgan fingerprint density at radius 1 is 0.713 bits per heavy atom. The number of anilines is 2. The molecule has 0 radical (unpaired) electrons. The SMILES string of the molecule is Nc1nc2c(ncn2[C@@H]2O[C@H](COP(=O)([O-])OP(=O)([O-])OP(=O)([O-])OP(=O)([O-])OC[C@H]3O[C@@H](n4cc(/C=C/CNC(=O)CCCCCNC(=O)CCCCCNC(=O)CCCC[C@H]5SC[C@H]6NC(=O)N[C@H]65)c(N)nc4=O)[C@@H](O)C3O)C(O)C2O)c(=O)[nH]1. The molecule has 7 rings (SSSR count). The van der Waals surface area contributed by atoms with Gasteiger partial charge in [0.2, 0.25) is 23.7 Å². The number of nitrogen functional groups attached to an aromatic ring is 2. The summed E-state index contributed by atoms with van der Waals surface area (Å²) in [6.07, 6.45) is -2.70. The van der Waals surface area contributed by atoms with Gasteiger partial charge in [-0.25, -0.2) is 27.5 Å². The predicted octanol–water partition coefficient (Wildman–Crippen LogP) is -4.06. The number of fused-ring (bicyclic) bond motifs is 2. The van der Waals surface area contributed by atoms with Gasteiger partial charge < -0.3 is 96.6 Å². The van der Waals surface area contributed by atoms with Gasteiger partial charge in [-0.15, -0.1) is 0 Å². The third-order valence-corrected chi connectivity index (χ3v) is 20.9. The third-order valence-electron chi connectivity index (χ3n) is 13.7. The van der Waals surface area contributed by atoms with Gasteiger partial charge in [0.05, 0.1) is 31.6 Å². The second kappa shape index (κ2) is 30.6. The van der Waals surface area contributed by atoms with Crippen LogP contribution in [0.3, 0.4) is 0 Å². The molecule has 5 amide bonds. The molecule has 486 valence electrons. The van der Waals surface area contributed by atoms with Crippen molar-refractivity contribution in [2.45, 2.75) is 143 Å². The van der Waals surface area contributed by atoms with Crippen molar-refractivity contribution < 1.29 is 109 Å². The first-order chi connectivity index (χ1) is 41.0. The zero-order valence-electron chi connectivity index (χ0n) is 45.8. The average Bonchev–Trinajstić information content (AvgIpc) is 2.16. The van der Waals surface area contributed by atoms with E-state index >= 15 is 0 Å². The maximum Gasteiger partial charge on any atom is 0.351 e. The molecule has 38 nitrogen and oxygen atoms in total. The molecule has 3 aromatic heterocycles. The van der Waals surface area contributed by atoms with Crippen molar-refractivity contribution in [2.75, 3.05) is 50.1 Å². The Bertz CT molecular complexity index is 3290. The number of unbranched alkanes of at least 4 members (excludes halogenated alkanes) is 5. The molecular weight excluding hydrogens is 1270 g/mol. The van der Waals surface area contributed by atoms with Gasteiger partial charge in [-0.2, -0.15) is 21.7 Å². The lowest BCUT2D eigenvalue weighted by atomic mass is 10.0. The zero-order valence-corrected chi connectivity index (χ0v) is 50.2. The molecule has 7 heterocycles. The minimum Gasteiger partial charge on any atom is -0.756 e. The van der Waals surface area contributed by atoms with Gasteiger partial charge in [0.25, 0.3) is 36.9 Å². The molecule has 15 atom stereocenters. The number of aliphatic hydroxyl groups is 4. The number of hydrogen-bond acceptors (Lipinski definition) is 31. The molecule has 0 saturated carbocycles. The maximum atomic E-state index is 12.8. The predicted molar refractivity (Wildman–Crippen MR) is 292 cm³/mol. The van der Waals surface area contributed by atoms with Crippen LogP contribution in [-0.2, 0) is 64.1 Å². The highest BCUT2D eigenvalue weighted by Crippen LogP contribution is 2.67. The molecule has 4 saturated heterocycles. The fourth-order valence-electron chi connectivity index (χ4n) is 9.43. The zero-order chi connectivity index (χ0) is 63.4. The van der Waals surface area contributed by atoms with Gasteiger partial charge in [0.1, 0.15) is 42.4 Å². The van der Waals surface area contributed by atoms with Crippen LogP contribution in [0, 0.1) is 0 Å². The average molecular weight is 1330 g/mol. The first-order valence-corrected chi connectivity index (χ1v) is 33.9. The van der Waals surface area contributed by atoms with E-state index in [2.05, 4.69) is 68.5 Å². The number of rotatable bonds is 34. The Kier molecular flexibility index (Phi) is 24.4. The summed E-state index contributed by atoms with van der Waals surface area (Å²) in [5.41, 5.74) is 9.03. The highest BCUT2D eigenvalue weighted by Gasteiger charge is 2.47. The molecule has 14 N–H and O–H groups in total. The molecule has 43 heteroatoms. The number of thioether (sulfide) groups is 1. The molecule has 4 fully saturated rings. The monoisotopic (exact) mass is 1330 g/mol. The van der Waals surface area contributed by atoms with Crippen molar-refractivity contribution in [1.82, 2.24) is 55.7 Å². The largest absolute Gasteiger partial charge is 0.756 e. The summed E-state index contributed by atoms with van der Waals surface area (Å²) >= 11 is 1.85. The molecular formula is C44H65N13O25P4S-4. The van der Waals surface area contributed by atoms with Crippen molar-refractivity contribution in [1.29, 1.82) is 0 Å². The fraction of sp³-hybridized carbons (Fsp3) is 0.659. The van der Waals surface area contributed by atoms with E-state index in [1.54, 1.807) is 0 Å². The second-order valence-electron chi connectivity index (χ2n) is 20.2. The van der Waals surface area contributed by atoms with E-state index in [1.165, 1.54) is 12.2 Å². The number of aliphatic hydroxyl groups excluding tert-OH is 4. The van der Waals surface area contributed by atoms with Gasteiger partial charge in [-0.3, -0.25) is 51.6 Å². The van der Waals surface area contributed by atoms with Gasteiger partial charge >= 0.3 is 11.7 Å².